The number of nitrogens with one attached hydrogen (secondary N) is 1. The molecule has 5 heteroatoms. The molecule has 0 spiro atoms. The minimum atomic E-state index is -0.824. The van der Waals surface area contributed by atoms with Crippen molar-refractivity contribution in [3.05, 3.63) is 72.3 Å². The van der Waals surface area contributed by atoms with Gasteiger partial charge in [-0.05, 0) is 40.3 Å². The SMILES string of the molecule is C=CC[C@H](NC(=O)OCC1c2ccccc2-c2ccccc21)C(=O)Cl. The Hall–Kier alpha value is -2.59. The van der Waals surface area contributed by atoms with Crippen LogP contribution in [0.4, 0.5) is 4.79 Å². The second-order valence-electron chi connectivity index (χ2n) is 5.85. The van der Waals surface area contributed by atoms with Gasteiger partial charge in [0.05, 0.1) is 0 Å². The van der Waals surface area contributed by atoms with Gasteiger partial charge >= 0.3 is 6.09 Å². The number of halogens is 1. The van der Waals surface area contributed by atoms with Crippen molar-refractivity contribution in [2.24, 2.45) is 0 Å². The van der Waals surface area contributed by atoms with Crippen molar-refractivity contribution in [2.75, 3.05) is 6.61 Å². The molecule has 0 aliphatic heterocycles. The summed E-state index contributed by atoms with van der Waals surface area (Å²) in [6.07, 6.45) is 1.11. The maximum atomic E-state index is 12.0. The Bertz CT molecular complexity index is 773. The number of carbonyl (C=O) groups excluding carboxylic acids is 2. The molecule has 0 saturated carbocycles. The standard InChI is InChI=1S/C20H18ClNO3/c1-2-7-18(19(21)23)22-20(24)25-12-17-15-10-5-3-8-13(15)14-9-4-6-11-16(14)17/h2-6,8-11,17-18H,1,7,12H2,(H,22,24)/t18-/m0/s1. The molecule has 0 saturated heterocycles. The summed E-state index contributed by atoms with van der Waals surface area (Å²) in [5.41, 5.74) is 4.58. The van der Waals surface area contributed by atoms with E-state index in [2.05, 4.69) is 24.0 Å². The van der Waals surface area contributed by atoms with Crippen molar-refractivity contribution in [1.82, 2.24) is 5.32 Å². The highest BCUT2D eigenvalue weighted by atomic mass is 35.5. The smallest absolute Gasteiger partial charge is 0.407 e. The van der Waals surface area contributed by atoms with Gasteiger partial charge in [-0.1, -0.05) is 54.6 Å². The second-order valence-corrected chi connectivity index (χ2v) is 6.22. The predicted molar refractivity (Wildman–Crippen MR) is 97.7 cm³/mol. The number of hydrogen-bond donors (Lipinski definition) is 1. The highest BCUT2D eigenvalue weighted by molar-refractivity contribution is 6.64. The summed E-state index contributed by atoms with van der Waals surface area (Å²) >= 11 is 5.47. The van der Waals surface area contributed by atoms with Crippen LogP contribution >= 0.6 is 11.6 Å². The molecule has 0 fully saturated rings. The summed E-state index contributed by atoms with van der Waals surface area (Å²) in [5, 5.41) is 1.83. The van der Waals surface area contributed by atoms with E-state index in [-0.39, 0.29) is 18.9 Å². The van der Waals surface area contributed by atoms with E-state index in [1.807, 2.05) is 36.4 Å². The van der Waals surface area contributed by atoms with Crippen LogP contribution in [0.2, 0.25) is 0 Å². The lowest BCUT2D eigenvalue weighted by Crippen LogP contribution is -2.39. The van der Waals surface area contributed by atoms with Crippen molar-refractivity contribution in [3.8, 4) is 11.1 Å². The molecule has 1 aliphatic carbocycles. The zero-order chi connectivity index (χ0) is 17.8. The highest BCUT2D eigenvalue weighted by Crippen LogP contribution is 2.44. The van der Waals surface area contributed by atoms with Crippen LogP contribution in [-0.2, 0) is 9.53 Å². The quantitative estimate of drug-likeness (QED) is 0.623. The van der Waals surface area contributed by atoms with Gasteiger partial charge in [0.2, 0.25) is 5.24 Å². The largest absolute Gasteiger partial charge is 0.449 e. The first-order chi connectivity index (χ1) is 12.1. The summed E-state index contributed by atoms with van der Waals surface area (Å²) < 4.78 is 5.37. The first-order valence-electron chi connectivity index (χ1n) is 8.03. The molecule has 0 heterocycles. The van der Waals surface area contributed by atoms with Gasteiger partial charge in [0.1, 0.15) is 12.6 Å². The van der Waals surface area contributed by atoms with Crippen LogP contribution in [0.1, 0.15) is 23.5 Å². The van der Waals surface area contributed by atoms with Crippen molar-refractivity contribution in [2.45, 2.75) is 18.4 Å². The summed E-state index contributed by atoms with van der Waals surface area (Å²) in [7, 11) is 0. The van der Waals surface area contributed by atoms with E-state index in [4.69, 9.17) is 16.3 Å². The third-order valence-corrected chi connectivity index (χ3v) is 4.58. The minimum absolute atomic E-state index is 0.0253. The number of fused-ring (bicyclic) bond motifs is 3. The number of rotatable bonds is 6. The van der Waals surface area contributed by atoms with Crippen molar-refractivity contribution in [1.29, 1.82) is 0 Å². The molecule has 4 nitrogen and oxygen atoms in total. The van der Waals surface area contributed by atoms with Gasteiger partial charge in [0, 0.05) is 5.92 Å². The number of carbonyl (C=O) groups is 2. The molecular weight excluding hydrogens is 338 g/mol. The van der Waals surface area contributed by atoms with Gasteiger partial charge in [-0.2, -0.15) is 0 Å². The Morgan fingerprint density at radius 1 is 1.12 bits per heavy atom. The fraction of sp³-hybridized carbons (Fsp3) is 0.200. The first-order valence-corrected chi connectivity index (χ1v) is 8.41. The molecule has 1 N–H and O–H groups in total. The van der Waals surface area contributed by atoms with Crippen molar-refractivity contribution >= 4 is 22.9 Å². The summed E-state index contributed by atoms with van der Waals surface area (Å²) in [6.45, 7) is 3.74. The maximum Gasteiger partial charge on any atom is 0.407 e. The Morgan fingerprint density at radius 3 is 2.20 bits per heavy atom. The fourth-order valence-corrected chi connectivity index (χ4v) is 3.30. The van der Waals surface area contributed by atoms with Gasteiger partial charge < -0.3 is 10.1 Å². The average molecular weight is 356 g/mol. The summed E-state index contributed by atoms with van der Waals surface area (Å²) in [6, 6.07) is 15.4. The van der Waals surface area contributed by atoms with Gasteiger partial charge in [0.15, 0.2) is 0 Å². The highest BCUT2D eigenvalue weighted by Gasteiger charge is 2.29. The van der Waals surface area contributed by atoms with Crippen LogP contribution in [0.5, 0.6) is 0 Å². The van der Waals surface area contributed by atoms with E-state index < -0.39 is 17.4 Å². The number of amides is 1. The van der Waals surface area contributed by atoms with Crippen LogP contribution in [0, 0.1) is 0 Å². The van der Waals surface area contributed by atoms with Gasteiger partial charge in [-0.3, -0.25) is 4.79 Å². The molecule has 0 aromatic heterocycles. The molecule has 1 atom stereocenters. The topological polar surface area (TPSA) is 55.4 Å². The molecule has 1 amide bonds. The number of ether oxygens (including phenoxy) is 1. The molecule has 25 heavy (non-hydrogen) atoms. The molecule has 3 rings (SSSR count). The molecule has 128 valence electrons. The number of benzene rings is 2. The fourth-order valence-electron chi connectivity index (χ4n) is 3.16. The Balaban J connectivity index is 1.72. The Labute approximate surface area is 151 Å². The van der Waals surface area contributed by atoms with E-state index in [1.165, 1.54) is 6.08 Å². The third-order valence-electron chi connectivity index (χ3n) is 4.31. The molecule has 2 aromatic carbocycles. The van der Waals surface area contributed by atoms with Crippen LogP contribution in [0.15, 0.2) is 61.2 Å². The van der Waals surface area contributed by atoms with Crippen molar-refractivity contribution < 1.29 is 14.3 Å². The minimum Gasteiger partial charge on any atom is -0.449 e. The zero-order valence-corrected chi connectivity index (χ0v) is 14.3. The van der Waals surface area contributed by atoms with Crippen molar-refractivity contribution in [3.63, 3.8) is 0 Å². The normalized spacial score (nSPS) is 13.5. The van der Waals surface area contributed by atoms with Crippen LogP contribution in [-0.4, -0.2) is 24.0 Å². The Morgan fingerprint density at radius 2 is 1.68 bits per heavy atom. The second kappa shape index (κ2) is 7.53. The summed E-state index contributed by atoms with van der Waals surface area (Å²) in [5.74, 6) is -0.0253. The van der Waals surface area contributed by atoms with Crippen LogP contribution < -0.4 is 5.32 Å². The maximum absolute atomic E-state index is 12.0. The monoisotopic (exact) mass is 355 g/mol. The van der Waals surface area contributed by atoms with Gasteiger partial charge in [-0.25, -0.2) is 4.79 Å². The van der Waals surface area contributed by atoms with E-state index in [1.54, 1.807) is 0 Å². The van der Waals surface area contributed by atoms with Crippen LogP contribution in [0.25, 0.3) is 11.1 Å². The van der Waals surface area contributed by atoms with E-state index in [0.29, 0.717) is 0 Å². The number of hydrogen-bond acceptors (Lipinski definition) is 3. The van der Waals surface area contributed by atoms with Gasteiger partial charge in [0.25, 0.3) is 0 Å². The van der Waals surface area contributed by atoms with E-state index in [0.717, 1.165) is 22.3 Å². The summed E-state index contributed by atoms with van der Waals surface area (Å²) in [4.78, 5) is 23.3. The lowest BCUT2D eigenvalue weighted by molar-refractivity contribution is -0.113. The molecule has 1 aliphatic rings. The molecule has 0 radical (unpaired) electrons. The Kier molecular flexibility index (Phi) is 5.19. The lowest BCUT2D eigenvalue weighted by Gasteiger charge is -2.16. The van der Waals surface area contributed by atoms with Gasteiger partial charge in [-0.15, -0.1) is 6.58 Å². The zero-order valence-electron chi connectivity index (χ0n) is 13.6. The molecule has 0 bridgehead atoms. The first kappa shape index (κ1) is 17.2. The van der Waals surface area contributed by atoms with E-state index in [9.17, 15) is 9.59 Å². The van der Waals surface area contributed by atoms with Crippen LogP contribution in [0.3, 0.4) is 0 Å². The van der Waals surface area contributed by atoms with E-state index >= 15 is 0 Å². The molecule has 0 unspecified atom stereocenters. The predicted octanol–water partition coefficient (Wildman–Crippen LogP) is 4.24. The number of alkyl carbamates (subject to hydrolysis) is 1. The molecular formula is C20H18ClNO3. The third kappa shape index (κ3) is 3.59. The lowest BCUT2D eigenvalue weighted by atomic mass is 9.98. The molecule has 2 aromatic rings. The average Bonchev–Trinajstić information content (AvgIpc) is 2.93.